The fourth-order valence-electron chi connectivity index (χ4n) is 0.524. The summed E-state index contributed by atoms with van der Waals surface area (Å²) in [6.45, 7) is 0. The third-order valence-corrected chi connectivity index (χ3v) is 1.25. The van der Waals surface area contributed by atoms with Crippen molar-refractivity contribution >= 4 is 17.6 Å². The Bertz CT molecular complexity index is 245. The van der Waals surface area contributed by atoms with E-state index >= 15 is 0 Å². The molecule has 54 valence electrons. The SMILES string of the molecule is O=C(O)Cc1cnoc1Cl. The van der Waals surface area contributed by atoms with Crippen LogP contribution >= 0.6 is 11.6 Å². The van der Waals surface area contributed by atoms with E-state index in [1.807, 2.05) is 0 Å². The molecule has 0 atom stereocenters. The lowest BCUT2D eigenvalue weighted by Crippen LogP contribution is -1.98. The maximum Gasteiger partial charge on any atom is 0.308 e. The minimum Gasteiger partial charge on any atom is -0.481 e. The van der Waals surface area contributed by atoms with Crippen LogP contribution in [0.15, 0.2) is 10.7 Å². The van der Waals surface area contributed by atoms with Gasteiger partial charge in [-0.15, -0.1) is 0 Å². The molecule has 0 amide bonds. The lowest BCUT2D eigenvalue weighted by atomic mass is 10.3. The van der Waals surface area contributed by atoms with Gasteiger partial charge in [-0.3, -0.25) is 4.79 Å². The van der Waals surface area contributed by atoms with Gasteiger partial charge in [-0.25, -0.2) is 0 Å². The van der Waals surface area contributed by atoms with E-state index in [0.29, 0.717) is 5.56 Å². The molecule has 0 saturated carbocycles. The van der Waals surface area contributed by atoms with E-state index in [-0.39, 0.29) is 11.6 Å². The van der Waals surface area contributed by atoms with Gasteiger partial charge in [0.05, 0.1) is 12.6 Å². The first-order chi connectivity index (χ1) is 4.70. The van der Waals surface area contributed by atoms with Crippen molar-refractivity contribution in [2.24, 2.45) is 0 Å². The molecule has 1 aromatic heterocycles. The van der Waals surface area contributed by atoms with Crippen LogP contribution < -0.4 is 0 Å². The number of hydrogen-bond acceptors (Lipinski definition) is 3. The van der Waals surface area contributed by atoms with Gasteiger partial charge in [0.1, 0.15) is 0 Å². The van der Waals surface area contributed by atoms with Gasteiger partial charge in [0.15, 0.2) is 0 Å². The van der Waals surface area contributed by atoms with E-state index in [0.717, 1.165) is 0 Å². The Morgan fingerprint density at radius 2 is 2.60 bits per heavy atom. The van der Waals surface area contributed by atoms with Gasteiger partial charge < -0.3 is 9.63 Å². The van der Waals surface area contributed by atoms with Gasteiger partial charge in [-0.1, -0.05) is 5.16 Å². The van der Waals surface area contributed by atoms with Crippen molar-refractivity contribution < 1.29 is 14.4 Å². The monoisotopic (exact) mass is 161 g/mol. The Labute approximate surface area is 61.4 Å². The van der Waals surface area contributed by atoms with Crippen LogP contribution in [-0.4, -0.2) is 16.2 Å². The van der Waals surface area contributed by atoms with Crippen molar-refractivity contribution in [1.82, 2.24) is 5.16 Å². The fourth-order valence-corrected chi connectivity index (χ4v) is 0.679. The molecule has 10 heavy (non-hydrogen) atoms. The standard InChI is InChI=1S/C5H4ClNO3/c6-5-3(1-4(8)9)2-7-10-5/h2H,1H2,(H,8,9). The van der Waals surface area contributed by atoms with E-state index in [9.17, 15) is 4.79 Å². The number of hydrogen-bond donors (Lipinski definition) is 1. The third kappa shape index (κ3) is 1.48. The predicted octanol–water partition coefficient (Wildman–Crippen LogP) is 0.955. The maximum absolute atomic E-state index is 10.1. The molecular formula is C5H4ClNO3. The number of rotatable bonds is 2. The smallest absolute Gasteiger partial charge is 0.308 e. The predicted molar refractivity (Wildman–Crippen MR) is 32.9 cm³/mol. The molecule has 1 rings (SSSR count). The summed E-state index contributed by atoms with van der Waals surface area (Å²) in [5.41, 5.74) is 0.397. The second-order valence-corrected chi connectivity index (χ2v) is 2.04. The number of nitrogens with zero attached hydrogens (tertiary/aromatic N) is 1. The average Bonchev–Trinajstić information content (AvgIpc) is 2.15. The van der Waals surface area contributed by atoms with Gasteiger partial charge >= 0.3 is 5.97 Å². The van der Waals surface area contributed by atoms with Gasteiger partial charge in [0.25, 0.3) is 0 Å². The second kappa shape index (κ2) is 2.70. The zero-order valence-electron chi connectivity index (χ0n) is 4.87. The summed E-state index contributed by atoms with van der Waals surface area (Å²) >= 11 is 5.39. The van der Waals surface area contributed by atoms with Crippen molar-refractivity contribution in [3.05, 3.63) is 17.0 Å². The highest BCUT2D eigenvalue weighted by Gasteiger charge is 2.08. The summed E-state index contributed by atoms with van der Waals surface area (Å²) in [5, 5.41) is 11.6. The van der Waals surface area contributed by atoms with Gasteiger partial charge in [0, 0.05) is 5.56 Å². The highest BCUT2D eigenvalue weighted by atomic mass is 35.5. The summed E-state index contributed by atoms with van der Waals surface area (Å²) < 4.78 is 4.42. The Kier molecular flexibility index (Phi) is 1.91. The molecule has 0 spiro atoms. The molecule has 0 saturated heterocycles. The molecule has 1 aromatic rings. The van der Waals surface area contributed by atoms with Crippen LogP contribution in [0.4, 0.5) is 0 Å². The van der Waals surface area contributed by atoms with Crippen molar-refractivity contribution in [3.63, 3.8) is 0 Å². The van der Waals surface area contributed by atoms with E-state index in [1.54, 1.807) is 0 Å². The Morgan fingerprint density at radius 1 is 1.90 bits per heavy atom. The normalized spacial score (nSPS) is 9.70. The summed E-state index contributed by atoms with van der Waals surface area (Å²) in [4.78, 5) is 10.1. The molecule has 5 heteroatoms. The lowest BCUT2D eigenvalue weighted by molar-refractivity contribution is -0.136. The number of carboxylic acids is 1. The zero-order chi connectivity index (χ0) is 7.56. The van der Waals surface area contributed by atoms with Crippen LogP contribution in [0, 0.1) is 0 Å². The Balaban J connectivity index is 2.74. The molecule has 4 nitrogen and oxygen atoms in total. The molecule has 0 aromatic carbocycles. The topological polar surface area (TPSA) is 63.3 Å². The van der Waals surface area contributed by atoms with Crippen LogP contribution in [0.5, 0.6) is 0 Å². The first-order valence-electron chi connectivity index (χ1n) is 2.51. The minimum absolute atomic E-state index is 0.0439. The van der Waals surface area contributed by atoms with Crippen molar-refractivity contribution in [2.45, 2.75) is 6.42 Å². The van der Waals surface area contributed by atoms with Crippen LogP contribution in [0.25, 0.3) is 0 Å². The average molecular weight is 162 g/mol. The van der Waals surface area contributed by atoms with Crippen LogP contribution in [0.3, 0.4) is 0 Å². The molecule has 0 aliphatic carbocycles. The first kappa shape index (κ1) is 7.08. The minimum atomic E-state index is -0.954. The van der Waals surface area contributed by atoms with Crippen LogP contribution in [-0.2, 0) is 11.2 Å². The molecule has 0 bridgehead atoms. The van der Waals surface area contributed by atoms with E-state index < -0.39 is 5.97 Å². The zero-order valence-corrected chi connectivity index (χ0v) is 5.63. The van der Waals surface area contributed by atoms with Crippen LogP contribution in [0.1, 0.15) is 5.56 Å². The van der Waals surface area contributed by atoms with Crippen LogP contribution in [0.2, 0.25) is 5.22 Å². The van der Waals surface area contributed by atoms with E-state index in [1.165, 1.54) is 6.20 Å². The Morgan fingerprint density at radius 3 is 3.00 bits per heavy atom. The quantitative estimate of drug-likeness (QED) is 0.702. The molecule has 0 fully saturated rings. The summed E-state index contributed by atoms with van der Waals surface area (Å²) in [6.07, 6.45) is 1.14. The second-order valence-electron chi connectivity index (χ2n) is 1.70. The highest BCUT2D eigenvalue weighted by Crippen LogP contribution is 2.14. The van der Waals surface area contributed by atoms with Crippen molar-refractivity contribution in [2.75, 3.05) is 0 Å². The fraction of sp³-hybridized carbons (Fsp3) is 0.200. The number of carbonyl (C=O) groups is 1. The molecule has 0 unspecified atom stereocenters. The van der Waals surface area contributed by atoms with Crippen molar-refractivity contribution in [3.8, 4) is 0 Å². The highest BCUT2D eigenvalue weighted by molar-refractivity contribution is 6.29. The Hall–Kier alpha value is -1.03. The maximum atomic E-state index is 10.1. The number of halogens is 1. The number of aromatic nitrogens is 1. The summed E-state index contributed by atoms with van der Waals surface area (Å²) in [5.74, 6) is -0.954. The molecular weight excluding hydrogens is 158 g/mol. The number of aliphatic carboxylic acids is 1. The van der Waals surface area contributed by atoms with Gasteiger partial charge in [-0.2, -0.15) is 0 Å². The summed E-state index contributed by atoms with van der Waals surface area (Å²) in [7, 11) is 0. The lowest BCUT2D eigenvalue weighted by Gasteiger charge is -1.86. The van der Waals surface area contributed by atoms with E-state index in [2.05, 4.69) is 9.68 Å². The number of carboxylic acid groups (broad SMARTS) is 1. The molecule has 0 aliphatic heterocycles. The molecule has 0 aliphatic rings. The van der Waals surface area contributed by atoms with E-state index in [4.69, 9.17) is 16.7 Å². The summed E-state index contributed by atoms with van der Waals surface area (Å²) in [6, 6.07) is 0. The molecule has 0 radical (unpaired) electrons. The first-order valence-corrected chi connectivity index (χ1v) is 2.89. The van der Waals surface area contributed by atoms with Crippen molar-refractivity contribution in [1.29, 1.82) is 0 Å². The molecule has 1 heterocycles. The largest absolute Gasteiger partial charge is 0.481 e. The van der Waals surface area contributed by atoms with Gasteiger partial charge in [-0.05, 0) is 11.6 Å². The van der Waals surface area contributed by atoms with Gasteiger partial charge in [0.2, 0.25) is 5.22 Å². The molecule has 1 N–H and O–H groups in total. The third-order valence-electron chi connectivity index (χ3n) is 0.936.